The molecular weight excluding hydrogens is 183 g/mol. The van der Waals surface area contributed by atoms with Crippen LogP contribution in [0.15, 0.2) is 0 Å². The Balaban J connectivity index is 3.31. The van der Waals surface area contributed by atoms with Crippen molar-refractivity contribution in [1.82, 2.24) is 0 Å². The lowest BCUT2D eigenvalue weighted by Crippen LogP contribution is -2.29. The molecule has 0 aromatic rings. The van der Waals surface area contributed by atoms with E-state index in [9.17, 15) is 13.2 Å². The lowest BCUT2D eigenvalue weighted by molar-refractivity contribution is -0.174. The Bertz CT molecular complexity index is 127. The Hall–Kier alpha value is -0.290. The molecule has 0 heterocycles. The minimum absolute atomic E-state index is 0.0144. The van der Waals surface area contributed by atoms with E-state index in [4.69, 9.17) is 5.73 Å². The van der Waals surface area contributed by atoms with E-state index in [0.717, 1.165) is 12.8 Å². The number of ether oxygens (including phenoxy) is 1. The number of halogens is 3. The molecule has 0 saturated carbocycles. The second kappa shape index (κ2) is 6.21. The van der Waals surface area contributed by atoms with E-state index in [2.05, 4.69) is 4.74 Å². The molecule has 2 N–H and O–H groups in total. The van der Waals surface area contributed by atoms with Gasteiger partial charge in [0.25, 0.3) is 0 Å². The van der Waals surface area contributed by atoms with Gasteiger partial charge in [0, 0.05) is 6.04 Å². The van der Waals surface area contributed by atoms with Gasteiger partial charge < -0.3 is 10.5 Å². The zero-order valence-electron chi connectivity index (χ0n) is 7.73. The summed E-state index contributed by atoms with van der Waals surface area (Å²) in [7, 11) is 0. The summed E-state index contributed by atoms with van der Waals surface area (Å²) in [6.45, 7) is 0.787. The number of unbranched alkanes of at least 4 members (excludes halogenated alkanes) is 1. The summed E-state index contributed by atoms with van der Waals surface area (Å²) in [5.41, 5.74) is 5.50. The molecule has 0 fully saturated rings. The van der Waals surface area contributed by atoms with E-state index in [1.54, 1.807) is 0 Å². The maximum Gasteiger partial charge on any atom is 0.411 e. The Labute approximate surface area is 76.2 Å². The highest BCUT2D eigenvalue weighted by molar-refractivity contribution is 4.59. The number of nitrogens with two attached hydrogens (primary N) is 1. The average Bonchev–Trinajstić information content (AvgIpc) is 1.98. The molecule has 5 heteroatoms. The number of alkyl halides is 3. The van der Waals surface area contributed by atoms with Crippen molar-refractivity contribution in [3.8, 4) is 0 Å². The monoisotopic (exact) mass is 199 g/mol. The summed E-state index contributed by atoms with van der Waals surface area (Å²) >= 11 is 0. The first-order chi connectivity index (χ1) is 5.95. The normalized spacial score (nSPS) is 14.5. The molecular formula is C8H16F3NO. The van der Waals surface area contributed by atoms with Crippen LogP contribution in [-0.4, -0.2) is 25.4 Å². The third-order valence-electron chi connectivity index (χ3n) is 1.53. The molecule has 0 aliphatic heterocycles. The molecule has 0 aromatic carbocycles. The van der Waals surface area contributed by atoms with Gasteiger partial charge in [0.2, 0.25) is 0 Å². The highest BCUT2D eigenvalue weighted by atomic mass is 19.4. The van der Waals surface area contributed by atoms with Crippen LogP contribution in [0.5, 0.6) is 0 Å². The van der Waals surface area contributed by atoms with Crippen LogP contribution >= 0.6 is 0 Å². The van der Waals surface area contributed by atoms with Gasteiger partial charge in [-0.05, 0) is 6.42 Å². The third-order valence-corrected chi connectivity index (χ3v) is 1.53. The summed E-state index contributed by atoms with van der Waals surface area (Å²) in [6.07, 6.45) is -1.61. The van der Waals surface area contributed by atoms with Crippen LogP contribution in [-0.2, 0) is 4.74 Å². The van der Waals surface area contributed by atoms with E-state index in [0.29, 0.717) is 6.42 Å². The first-order valence-electron chi connectivity index (χ1n) is 4.35. The lowest BCUT2D eigenvalue weighted by Gasteiger charge is -2.12. The average molecular weight is 199 g/mol. The van der Waals surface area contributed by atoms with Gasteiger partial charge in [-0.3, -0.25) is 0 Å². The largest absolute Gasteiger partial charge is 0.411 e. The summed E-state index contributed by atoms with van der Waals surface area (Å²) in [4.78, 5) is 0. The second-order valence-corrected chi connectivity index (χ2v) is 3.03. The Morgan fingerprint density at radius 2 is 2.00 bits per heavy atom. The van der Waals surface area contributed by atoms with Crippen molar-refractivity contribution < 1.29 is 17.9 Å². The van der Waals surface area contributed by atoms with Crippen LogP contribution in [0.2, 0.25) is 0 Å². The van der Waals surface area contributed by atoms with Gasteiger partial charge in [-0.15, -0.1) is 0 Å². The van der Waals surface area contributed by atoms with Crippen LogP contribution < -0.4 is 5.73 Å². The van der Waals surface area contributed by atoms with Gasteiger partial charge >= 0.3 is 6.18 Å². The number of hydrogen-bond acceptors (Lipinski definition) is 2. The smallest absolute Gasteiger partial charge is 0.370 e. The lowest BCUT2D eigenvalue weighted by atomic mass is 10.1. The topological polar surface area (TPSA) is 35.2 Å². The van der Waals surface area contributed by atoms with Crippen LogP contribution in [0.3, 0.4) is 0 Å². The number of rotatable bonds is 6. The van der Waals surface area contributed by atoms with Crippen molar-refractivity contribution >= 4 is 0 Å². The highest BCUT2D eigenvalue weighted by Gasteiger charge is 2.27. The van der Waals surface area contributed by atoms with Crippen molar-refractivity contribution in [2.24, 2.45) is 5.73 Å². The van der Waals surface area contributed by atoms with Gasteiger partial charge in [-0.25, -0.2) is 0 Å². The Kier molecular flexibility index (Phi) is 6.07. The van der Waals surface area contributed by atoms with Crippen LogP contribution in [0.4, 0.5) is 13.2 Å². The van der Waals surface area contributed by atoms with Crippen molar-refractivity contribution in [3.63, 3.8) is 0 Å². The molecule has 1 unspecified atom stereocenters. The van der Waals surface area contributed by atoms with Crippen molar-refractivity contribution in [2.45, 2.75) is 38.4 Å². The predicted molar refractivity (Wildman–Crippen MR) is 44.4 cm³/mol. The molecule has 2 nitrogen and oxygen atoms in total. The van der Waals surface area contributed by atoms with Crippen LogP contribution in [0, 0.1) is 0 Å². The molecule has 1 atom stereocenters. The number of hydrogen-bond donors (Lipinski definition) is 1. The quantitative estimate of drug-likeness (QED) is 0.710. The van der Waals surface area contributed by atoms with Gasteiger partial charge in [0.15, 0.2) is 0 Å². The third kappa shape index (κ3) is 9.63. The van der Waals surface area contributed by atoms with Gasteiger partial charge in [0.1, 0.15) is 6.61 Å². The fourth-order valence-electron chi connectivity index (χ4n) is 0.876. The Morgan fingerprint density at radius 3 is 2.46 bits per heavy atom. The molecule has 13 heavy (non-hydrogen) atoms. The van der Waals surface area contributed by atoms with Gasteiger partial charge in [-0.1, -0.05) is 19.8 Å². The fraction of sp³-hybridized carbons (Fsp3) is 1.00. The van der Waals surface area contributed by atoms with E-state index < -0.39 is 12.8 Å². The molecule has 0 radical (unpaired) electrons. The van der Waals surface area contributed by atoms with Crippen molar-refractivity contribution in [1.29, 1.82) is 0 Å². The minimum Gasteiger partial charge on any atom is -0.370 e. The fourth-order valence-corrected chi connectivity index (χ4v) is 0.876. The standard InChI is InChI=1S/C8H16F3NO/c1-2-3-4-7(12)5-13-6-8(9,10)11/h7H,2-6,12H2,1H3. The predicted octanol–water partition coefficient (Wildman–Crippen LogP) is 2.08. The van der Waals surface area contributed by atoms with Crippen LogP contribution in [0.1, 0.15) is 26.2 Å². The maximum atomic E-state index is 11.6. The SMILES string of the molecule is CCCCC(N)COCC(F)(F)F. The molecule has 80 valence electrons. The molecule has 0 rings (SSSR count). The zero-order chi connectivity index (χ0) is 10.3. The molecule has 0 spiro atoms. The summed E-state index contributed by atoms with van der Waals surface area (Å²) in [6, 6.07) is -0.276. The molecule has 0 amide bonds. The maximum absolute atomic E-state index is 11.6. The van der Waals surface area contributed by atoms with E-state index in [1.807, 2.05) is 6.92 Å². The summed E-state index contributed by atoms with van der Waals surface area (Å²) < 4.78 is 39.2. The van der Waals surface area contributed by atoms with Crippen molar-refractivity contribution in [3.05, 3.63) is 0 Å². The molecule has 0 bridgehead atoms. The molecule has 0 aliphatic rings. The van der Waals surface area contributed by atoms with Gasteiger partial charge in [-0.2, -0.15) is 13.2 Å². The molecule has 0 aliphatic carbocycles. The molecule has 0 aromatic heterocycles. The van der Waals surface area contributed by atoms with Crippen molar-refractivity contribution in [2.75, 3.05) is 13.2 Å². The Morgan fingerprint density at radius 1 is 1.38 bits per heavy atom. The van der Waals surface area contributed by atoms with Crippen LogP contribution in [0.25, 0.3) is 0 Å². The molecule has 0 saturated heterocycles. The first kappa shape index (κ1) is 12.7. The highest BCUT2D eigenvalue weighted by Crippen LogP contribution is 2.14. The first-order valence-corrected chi connectivity index (χ1v) is 4.35. The zero-order valence-corrected chi connectivity index (χ0v) is 7.73. The van der Waals surface area contributed by atoms with E-state index in [1.165, 1.54) is 0 Å². The summed E-state index contributed by atoms with van der Waals surface area (Å²) in [5.74, 6) is 0. The minimum atomic E-state index is -4.25. The van der Waals surface area contributed by atoms with Gasteiger partial charge in [0.05, 0.1) is 6.61 Å². The summed E-state index contributed by atoms with van der Waals surface area (Å²) in [5, 5.41) is 0. The second-order valence-electron chi connectivity index (χ2n) is 3.03. The van der Waals surface area contributed by atoms with E-state index >= 15 is 0 Å². The van der Waals surface area contributed by atoms with E-state index in [-0.39, 0.29) is 12.6 Å².